The predicted molar refractivity (Wildman–Crippen MR) is 64.2 cm³/mol. The smallest absolute Gasteiger partial charge is 0.374 e. The van der Waals surface area contributed by atoms with Crippen LogP contribution in [0.25, 0.3) is 0 Å². The van der Waals surface area contributed by atoms with Gasteiger partial charge in [-0.1, -0.05) is 0 Å². The van der Waals surface area contributed by atoms with Crippen LogP contribution >= 0.6 is 0 Å². The molecule has 0 aliphatic carbocycles. The first-order valence-electron chi connectivity index (χ1n) is 5.87. The van der Waals surface area contributed by atoms with Crippen LogP contribution in [0.3, 0.4) is 0 Å². The van der Waals surface area contributed by atoms with Crippen LogP contribution in [0, 0.1) is 0 Å². The van der Waals surface area contributed by atoms with Crippen molar-refractivity contribution in [1.29, 1.82) is 0 Å². The second-order valence-corrected chi connectivity index (χ2v) is 4.54. The normalized spacial score (nSPS) is 15.3. The summed E-state index contributed by atoms with van der Waals surface area (Å²) in [7, 11) is 3.16. The Morgan fingerprint density at radius 2 is 2.17 bits per heavy atom. The summed E-state index contributed by atoms with van der Waals surface area (Å²) in [6, 6.07) is 0. The van der Waals surface area contributed by atoms with Crippen LogP contribution in [-0.4, -0.2) is 46.4 Å². The van der Waals surface area contributed by atoms with Crippen molar-refractivity contribution in [1.82, 2.24) is 14.5 Å². The van der Waals surface area contributed by atoms with Crippen LogP contribution in [0.15, 0.2) is 0 Å². The summed E-state index contributed by atoms with van der Waals surface area (Å²) in [4.78, 5) is 29.0. The molecule has 1 aliphatic rings. The maximum atomic E-state index is 11.5. The predicted octanol–water partition coefficient (Wildman–Crippen LogP) is 0.154. The molecule has 0 saturated heterocycles. The minimum Gasteiger partial charge on any atom is -0.463 e. The van der Waals surface area contributed by atoms with Crippen LogP contribution < -0.4 is 0 Å². The maximum absolute atomic E-state index is 11.5. The molecule has 0 bridgehead atoms. The van der Waals surface area contributed by atoms with Crippen molar-refractivity contribution >= 4 is 11.8 Å². The van der Waals surface area contributed by atoms with E-state index < -0.39 is 5.97 Å². The number of imidazole rings is 1. The Hall–Kier alpha value is -1.69. The Bertz CT molecular complexity index is 493. The van der Waals surface area contributed by atoms with Gasteiger partial charge in [-0.3, -0.25) is 9.69 Å². The molecule has 0 atom stereocenters. The second kappa shape index (κ2) is 4.89. The summed E-state index contributed by atoms with van der Waals surface area (Å²) in [6.45, 7) is 3.43. The van der Waals surface area contributed by atoms with Crippen LogP contribution in [-0.2, 0) is 29.5 Å². The molecule has 1 aliphatic heterocycles. The zero-order valence-electron chi connectivity index (χ0n) is 10.9. The molecule has 18 heavy (non-hydrogen) atoms. The monoisotopic (exact) mass is 251 g/mol. The summed E-state index contributed by atoms with van der Waals surface area (Å²) in [5, 5.41) is 0. The van der Waals surface area contributed by atoms with Gasteiger partial charge in [-0.25, -0.2) is 9.78 Å². The first kappa shape index (κ1) is 12.8. The second-order valence-electron chi connectivity index (χ2n) is 4.54. The topological polar surface area (TPSA) is 64.4 Å². The Labute approximate surface area is 106 Å². The summed E-state index contributed by atoms with van der Waals surface area (Å²) in [5.74, 6) is 0.0414. The number of methoxy groups -OCH3 is 1. The van der Waals surface area contributed by atoms with E-state index in [2.05, 4.69) is 4.98 Å². The number of ketones is 1. The van der Waals surface area contributed by atoms with Crippen molar-refractivity contribution in [2.45, 2.75) is 19.9 Å². The number of aromatic nitrogens is 2. The van der Waals surface area contributed by atoms with Crippen molar-refractivity contribution in [3.63, 3.8) is 0 Å². The number of hydrogen-bond acceptors (Lipinski definition) is 5. The van der Waals surface area contributed by atoms with E-state index in [0.29, 0.717) is 18.9 Å². The molecule has 0 amide bonds. The lowest BCUT2D eigenvalue weighted by molar-refractivity contribution is -0.118. The van der Waals surface area contributed by atoms with E-state index in [1.807, 2.05) is 11.9 Å². The van der Waals surface area contributed by atoms with E-state index in [9.17, 15) is 9.59 Å². The van der Waals surface area contributed by atoms with E-state index >= 15 is 0 Å². The van der Waals surface area contributed by atoms with Gasteiger partial charge in [-0.2, -0.15) is 0 Å². The van der Waals surface area contributed by atoms with E-state index in [4.69, 9.17) is 4.74 Å². The number of esters is 1. The van der Waals surface area contributed by atoms with Gasteiger partial charge in [-0.15, -0.1) is 0 Å². The van der Waals surface area contributed by atoms with E-state index in [1.165, 1.54) is 7.11 Å². The van der Waals surface area contributed by atoms with Gasteiger partial charge in [0.1, 0.15) is 5.78 Å². The standard InChI is InChI=1S/C12H17N3O3/c1-8(16)6-15-5-4-10-9(7-15)13-11(14(10)2)12(17)18-3/h4-7H2,1-3H3. The fourth-order valence-electron chi connectivity index (χ4n) is 2.31. The Morgan fingerprint density at radius 1 is 1.44 bits per heavy atom. The first-order valence-corrected chi connectivity index (χ1v) is 5.87. The van der Waals surface area contributed by atoms with E-state index in [-0.39, 0.29) is 5.78 Å². The zero-order valence-corrected chi connectivity index (χ0v) is 10.9. The van der Waals surface area contributed by atoms with Crippen molar-refractivity contribution < 1.29 is 14.3 Å². The third-order valence-electron chi connectivity index (χ3n) is 3.15. The lowest BCUT2D eigenvalue weighted by Gasteiger charge is -2.25. The number of ether oxygens (including phenoxy) is 1. The molecule has 0 fully saturated rings. The SMILES string of the molecule is COC(=O)c1nc2c(n1C)CCN(CC(C)=O)C2. The number of rotatable bonds is 3. The minimum atomic E-state index is -0.426. The number of nitrogens with zero attached hydrogens (tertiary/aromatic N) is 3. The quantitative estimate of drug-likeness (QED) is 0.716. The van der Waals surface area contributed by atoms with Crippen molar-refractivity contribution in [3.8, 4) is 0 Å². The van der Waals surface area contributed by atoms with Gasteiger partial charge in [-0.05, 0) is 6.92 Å². The maximum Gasteiger partial charge on any atom is 0.374 e. The van der Waals surface area contributed by atoms with Gasteiger partial charge in [0.05, 0.1) is 19.3 Å². The van der Waals surface area contributed by atoms with Crippen LogP contribution in [0.5, 0.6) is 0 Å². The van der Waals surface area contributed by atoms with Crippen LogP contribution in [0.1, 0.15) is 28.9 Å². The molecular weight excluding hydrogens is 234 g/mol. The van der Waals surface area contributed by atoms with Gasteiger partial charge in [0, 0.05) is 32.3 Å². The van der Waals surface area contributed by atoms with Crippen LogP contribution in [0.2, 0.25) is 0 Å². The van der Waals surface area contributed by atoms with Gasteiger partial charge in [0.15, 0.2) is 0 Å². The first-order chi connectivity index (χ1) is 8.52. The third-order valence-corrected chi connectivity index (χ3v) is 3.15. The number of carbonyl (C=O) groups is 2. The molecule has 1 aromatic rings. The molecule has 2 heterocycles. The highest BCUT2D eigenvalue weighted by atomic mass is 16.5. The molecular formula is C12H17N3O3. The third kappa shape index (κ3) is 2.28. The fourth-order valence-corrected chi connectivity index (χ4v) is 2.31. The minimum absolute atomic E-state index is 0.141. The van der Waals surface area contributed by atoms with E-state index in [1.54, 1.807) is 11.5 Å². The van der Waals surface area contributed by atoms with Gasteiger partial charge in [0.2, 0.25) is 5.82 Å². The molecule has 0 aromatic carbocycles. The fraction of sp³-hybridized carbons (Fsp3) is 0.583. The van der Waals surface area contributed by atoms with Gasteiger partial charge < -0.3 is 9.30 Å². The molecule has 0 radical (unpaired) electrons. The average molecular weight is 251 g/mol. The molecule has 2 rings (SSSR count). The van der Waals surface area contributed by atoms with Gasteiger partial charge >= 0.3 is 5.97 Å². The lowest BCUT2D eigenvalue weighted by Crippen LogP contribution is -2.34. The Kier molecular flexibility index (Phi) is 3.47. The van der Waals surface area contributed by atoms with Crippen LogP contribution in [0.4, 0.5) is 0 Å². The number of carbonyl (C=O) groups excluding carboxylic acids is 2. The molecule has 6 heteroatoms. The number of hydrogen-bond donors (Lipinski definition) is 0. The molecule has 0 saturated carbocycles. The summed E-state index contributed by atoms with van der Waals surface area (Å²) >= 11 is 0. The van der Waals surface area contributed by atoms with Crippen molar-refractivity contribution in [3.05, 3.63) is 17.2 Å². The highest BCUT2D eigenvalue weighted by Gasteiger charge is 2.25. The lowest BCUT2D eigenvalue weighted by atomic mass is 10.1. The molecule has 1 aromatic heterocycles. The van der Waals surface area contributed by atoms with E-state index in [0.717, 1.165) is 24.4 Å². The van der Waals surface area contributed by atoms with Crippen molar-refractivity contribution in [2.24, 2.45) is 7.05 Å². The Balaban J connectivity index is 2.23. The summed E-state index contributed by atoms with van der Waals surface area (Å²) < 4.78 is 6.48. The molecule has 0 spiro atoms. The Morgan fingerprint density at radius 3 is 2.78 bits per heavy atom. The highest BCUT2D eigenvalue weighted by molar-refractivity contribution is 5.85. The molecule has 0 unspecified atom stereocenters. The number of Topliss-reactive ketones (excluding diaryl/α,β-unsaturated/α-hetero) is 1. The summed E-state index contributed by atoms with van der Waals surface area (Å²) in [5.41, 5.74) is 1.92. The average Bonchev–Trinajstić information content (AvgIpc) is 2.65. The molecule has 6 nitrogen and oxygen atoms in total. The largest absolute Gasteiger partial charge is 0.463 e. The number of fused-ring (bicyclic) bond motifs is 1. The molecule has 0 N–H and O–H groups in total. The highest BCUT2D eigenvalue weighted by Crippen LogP contribution is 2.19. The van der Waals surface area contributed by atoms with Crippen molar-refractivity contribution in [2.75, 3.05) is 20.2 Å². The molecule has 98 valence electrons. The zero-order chi connectivity index (χ0) is 13.3. The van der Waals surface area contributed by atoms with Gasteiger partial charge in [0.25, 0.3) is 0 Å². The summed E-state index contributed by atoms with van der Waals surface area (Å²) in [6.07, 6.45) is 0.795.